The summed E-state index contributed by atoms with van der Waals surface area (Å²) in [6.45, 7) is 6.06. The number of benzene rings is 3. The van der Waals surface area contributed by atoms with Gasteiger partial charge in [-0.15, -0.1) is 0 Å². The average molecular weight is 557 g/mol. The fraction of sp³-hybridized carbons (Fsp3) is 0.231. The van der Waals surface area contributed by atoms with Crippen LogP contribution in [0.5, 0.6) is 0 Å². The van der Waals surface area contributed by atoms with E-state index in [0.29, 0.717) is 23.4 Å². The smallest absolute Gasteiger partial charge is 0.264 e. The molecule has 3 aromatic carbocycles. The minimum Gasteiger partial charge on any atom is -0.375 e. The van der Waals surface area contributed by atoms with E-state index in [1.54, 1.807) is 17.0 Å². The molecule has 4 rings (SSSR count). The van der Waals surface area contributed by atoms with Gasteiger partial charge < -0.3 is 10.0 Å². The Morgan fingerprint density at radius 1 is 0.938 bits per heavy atom. The number of ketones is 1. The number of carbonyl (C=O) groups excluding carboxylic acids is 2. The molecular weight excluding hydrogens is 534 g/mol. The van der Waals surface area contributed by atoms with Crippen LogP contribution in [0, 0.1) is 20.8 Å². The van der Waals surface area contributed by atoms with Crippen LogP contribution in [0.15, 0.2) is 63.5 Å². The van der Waals surface area contributed by atoms with E-state index in [9.17, 15) is 14.7 Å². The van der Waals surface area contributed by atoms with E-state index in [-0.39, 0.29) is 12.2 Å². The maximum absolute atomic E-state index is 13.6. The van der Waals surface area contributed by atoms with E-state index in [2.05, 4.69) is 31.9 Å². The highest BCUT2D eigenvalue weighted by Crippen LogP contribution is 2.45. The van der Waals surface area contributed by atoms with Crippen LogP contribution in [-0.2, 0) is 16.9 Å². The molecule has 0 spiro atoms. The summed E-state index contributed by atoms with van der Waals surface area (Å²) in [7, 11) is 0. The standard InChI is InChI=1S/C26H23Br2NO3/c1-15-10-16(2)24(17(3)11-15)23(30)13-26(32)21-12-20(28)8-9-22(21)29(25(26)31)14-18-4-6-19(27)7-5-18/h4-12,32H,13-14H2,1-3H3. The zero-order chi connectivity index (χ0) is 23.2. The van der Waals surface area contributed by atoms with E-state index >= 15 is 0 Å². The van der Waals surface area contributed by atoms with Crippen molar-refractivity contribution < 1.29 is 14.7 Å². The Kier molecular flexibility index (Phi) is 6.14. The highest BCUT2D eigenvalue weighted by molar-refractivity contribution is 9.10. The van der Waals surface area contributed by atoms with E-state index in [0.717, 1.165) is 31.2 Å². The number of hydrogen-bond donors (Lipinski definition) is 1. The van der Waals surface area contributed by atoms with Crippen molar-refractivity contribution >= 4 is 49.2 Å². The second-order valence-corrected chi connectivity index (χ2v) is 10.2. The summed E-state index contributed by atoms with van der Waals surface area (Å²) in [4.78, 5) is 28.5. The molecule has 0 bridgehead atoms. The molecule has 1 heterocycles. The minimum absolute atomic E-state index is 0.243. The summed E-state index contributed by atoms with van der Waals surface area (Å²) in [6.07, 6.45) is -0.309. The lowest BCUT2D eigenvalue weighted by atomic mass is 9.85. The van der Waals surface area contributed by atoms with Crippen LogP contribution in [0.2, 0.25) is 0 Å². The molecule has 1 N–H and O–H groups in total. The summed E-state index contributed by atoms with van der Waals surface area (Å²) >= 11 is 6.87. The largest absolute Gasteiger partial charge is 0.375 e. The molecule has 1 atom stereocenters. The van der Waals surface area contributed by atoms with Gasteiger partial charge in [0, 0.05) is 20.1 Å². The molecule has 1 aliphatic rings. The second-order valence-electron chi connectivity index (χ2n) is 8.41. The van der Waals surface area contributed by atoms with Gasteiger partial charge in [-0.05, 0) is 67.8 Å². The number of Topliss-reactive ketones (excluding diaryl/α,β-unsaturated/α-hetero) is 1. The fourth-order valence-electron chi connectivity index (χ4n) is 4.56. The van der Waals surface area contributed by atoms with Gasteiger partial charge in [0.1, 0.15) is 0 Å². The number of carbonyl (C=O) groups is 2. The van der Waals surface area contributed by atoms with Gasteiger partial charge in [-0.1, -0.05) is 61.7 Å². The monoisotopic (exact) mass is 555 g/mol. The van der Waals surface area contributed by atoms with E-state index in [1.165, 1.54) is 0 Å². The Morgan fingerprint density at radius 2 is 1.53 bits per heavy atom. The normalized spacial score (nSPS) is 17.6. The van der Waals surface area contributed by atoms with Gasteiger partial charge in [0.15, 0.2) is 11.4 Å². The Hall–Kier alpha value is -2.28. The first kappa shape index (κ1) is 22.9. The Labute approximate surface area is 204 Å². The number of nitrogens with zero attached hydrogens (tertiary/aromatic N) is 1. The topological polar surface area (TPSA) is 57.6 Å². The van der Waals surface area contributed by atoms with Crippen molar-refractivity contribution in [2.75, 3.05) is 4.90 Å². The first-order valence-corrected chi connectivity index (χ1v) is 11.9. The number of anilines is 1. The van der Waals surface area contributed by atoms with Crippen molar-refractivity contribution in [1.29, 1.82) is 0 Å². The molecule has 32 heavy (non-hydrogen) atoms. The molecule has 0 radical (unpaired) electrons. The Morgan fingerprint density at radius 3 is 2.16 bits per heavy atom. The number of fused-ring (bicyclic) bond motifs is 1. The van der Waals surface area contributed by atoms with E-state index < -0.39 is 11.5 Å². The van der Waals surface area contributed by atoms with Gasteiger partial charge >= 0.3 is 0 Å². The zero-order valence-corrected chi connectivity index (χ0v) is 21.2. The van der Waals surface area contributed by atoms with Crippen LogP contribution >= 0.6 is 31.9 Å². The number of hydrogen-bond acceptors (Lipinski definition) is 3. The Bertz CT molecular complexity index is 1210. The van der Waals surface area contributed by atoms with Crippen molar-refractivity contribution in [3.63, 3.8) is 0 Å². The highest BCUT2D eigenvalue weighted by atomic mass is 79.9. The van der Waals surface area contributed by atoms with Crippen LogP contribution in [-0.4, -0.2) is 16.8 Å². The molecule has 0 aromatic heterocycles. The van der Waals surface area contributed by atoms with Crippen molar-refractivity contribution in [3.8, 4) is 0 Å². The summed E-state index contributed by atoms with van der Waals surface area (Å²) in [6, 6.07) is 17.0. The maximum Gasteiger partial charge on any atom is 0.264 e. The number of amides is 1. The summed E-state index contributed by atoms with van der Waals surface area (Å²) < 4.78 is 1.69. The first-order chi connectivity index (χ1) is 15.1. The lowest BCUT2D eigenvalue weighted by molar-refractivity contribution is -0.136. The molecule has 1 aliphatic heterocycles. The molecular formula is C26H23Br2NO3. The third kappa shape index (κ3) is 4.07. The predicted molar refractivity (Wildman–Crippen MR) is 133 cm³/mol. The van der Waals surface area contributed by atoms with Gasteiger partial charge in [-0.3, -0.25) is 9.59 Å². The van der Waals surface area contributed by atoms with Gasteiger partial charge in [0.25, 0.3) is 5.91 Å². The number of halogens is 2. The van der Waals surface area contributed by atoms with Gasteiger partial charge in [-0.25, -0.2) is 0 Å². The average Bonchev–Trinajstić information content (AvgIpc) is 2.90. The molecule has 164 valence electrons. The summed E-state index contributed by atoms with van der Waals surface area (Å²) in [5.74, 6) is -0.725. The van der Waals surface area contributed by atoms with Gasteiger partial charge in [0.2, 0.25) is 0 Å². The van der Waals surface area contributed by atoms with E-state index in [1.807, 2.05) is 63.2 Å². The minimum atomic E-state index is -1.92. The molecule has 3 aromatic rings. The van der Waals surface area contributed by atoms with Crippen LogP contribution < -0.4 is 4.90 Å². The second kappa shape index (κ2) is 8.58. The molecule has 0 saturated carbocycles. The van der Waals surface area contributed by atoms with Gasteiger partial charge in [-0.2, -0.15) is 0 Å². The van der Waals surface area contributed by atoms with Crippen molar-refractivity contribution in [2.24, 2.45) is 0 Å². The lowest BCUT2D eigenvalue weighted by Crippen LogP contribution is -2.41. The SMILES string of the molecule is Cc1cc(C)c(C(=O)CC2(O)C(=O)N(Cc3ccc(Br)cc3)c3ccc(Br)cc32)c(C)c1. The van der Waals surface area contributed by atoms with Crippen LogP contribution in [0.25, 0.3) is 0 Å². The number of aliphatic hydroxyl groups is 1. The third-order valence-corrected chi connectivity index (χ3v) is 6.94. The maximum atomic E-state index is 13.6. The fourth-order valence-corrected chi connectivity index (χ4v) is 5.19. The van der Waals surface area contributed by atoms with E-state index in [4.69, 9.17) is 0 Å². The highest BCUT2D eigenvalue weighted by Gasteiger charge is 2.51. The van der Waals surface area contributed by atoms with Crippen molar-refractivity contribution in [3.05, 3.63) is 96.9 Å². The lowest BCUT2D eigenvalue weighted by Gasteiger charge is -2.23. The molecule has 1 amide bonds. The molecule has 6 heteroatoms. The van der Waals surface area contributed by atoms with Crippen molar-refractivity contribution in [1.82, 2.24) is 0 Å². The van der Waals surface area contributed by atoms with Crippen LogP contribution in [0.1, 0.15) is 44.6 Å². The number of aryl methyl sites for hydroxylation is 3. The predicted octanol–water partition coefficient (Wildman–Crippen LogP) is 6.14. The van der Waals surface area contributed by atoms with Crippen molar-refractivity contribution in [2.45, 2.75) is 39.3 Å². The molecule has 0 fully saturated rings. The molecule has 4 nitrogen and oxygen atoms in total. The molecule has 0 saturated heterocycles. The van der Waals surface area contributed by atoms with Crippen LogP contribution in [0.3, 0.4) is 0 Å². The summed E-state index contributed by atoms with van der Waals surface area (Å²) in [5.41, 5.74) is 3.41. The Balaban J connectivity index is 1.73. The van der Waals surface area contributed by atoms with Gasteiger partial charge in [0.05, 0.1) is 18.7 Å². The zero-order valence-electron chi connectivity index (χ0n) is 18.1. The molecule has 0 aliphatic carbocycles. The number of rotatable bonds is 5. The third-order valence-electron chi connectivity index (χ3n) is 5.92. The summed E-state index contributed by atoms with van der Waals surface area (Å²) in [5, 5.41) is 11.7. The quantitative estimate of drug-likeness (QED) is 0.384. The van der Waals surface area contributed by atoms with Crippen LogP contribution in [0.4, 0.5) is 5.69 Å². The molecule has 1 unspecified atom stereocenters. The first-order valence-electron chi connectivity index (χ1n) is 10.3.